The van der Waals surface area contributed by atoms with Crippen molar-refractivity contribution in [2.24, 2.45) is 5.92 Å². The van der Waals surface area contributed by atoms with E-state index in [4.69, 9.17) is 9.84 Å². The molecular weight excluding hydrogens is 200 g/mol. The fraction of sp³-hybridized carbons (Fsp3) is 1.00. The summed E-state index contributed by atoms with van der Waals surface area (Å²) >= 11 is 0. The number of unbranched alkanes of at least 4 members (excludes halogenated alkanes) is 3. The second kappa shape index (κ2) is 13.0. The Kier molecular flexibility index (Phi) is 12.9. The molecule has 0 bridgehead atoms. The summed E-state index contributed by atoms with van der Waals surface area (Å²) in [6.07, 6.45) is 9.72. The van der Waals surface area contributed by atoms with Gasteiger partial charge in [0.25, 0.3) is 0 Å². The van der Waals surface area contributed by atoms with E-state index in [-0.39, 0.29) is 0 Å². The number of ether oxygens (including phenoxy) is 1. The summed E-state index contributed by atoms with van der Waals surface area (Å²) in [5.74, 6) is 0.758. The lowest BCUT2D eigenvalue weighted by atomic mass is 9.97. The summed E-state index contributed by atoms with van der Waals surface area (Å²) in [5.41, 5.74) is 0. The van der Waals surface area contributed by atoms with Crippen molar-refractivity contribution in [2.75, 3.05) is 19.8 Å². The third-order valence-electron chi connectivity index (χ3n) is 2.98. The molecule has 0 radical (unpaired) electrons. The van der Waals surface area contributed by atoms with Gasteiger partial charge in [-0.25, -0.2) is 0 Å². The van der Waals surface area contributed by atoms with Crippen molar-refractivity contribution in [1.29, 1.82) is 0 Å². The summed E-state index contributed by atoms with van der Waals surface area (Å²) in [7, 11) is 0. The van der Waals surface area contributed by atoms with Gasteiger partial charge >= 0.3 is 0 Å². The van der Waals surface area contributed by atoms with E-state index in [0.717, 1.165) is 32.0 Å². The van der Waals surface area contributed by atoms with E-state index in [0.29, 0.717) is 6.61 Å². The summed E-state index contributed by atoms with van der Waals surface area (Å²) in [6.45, 7) is 6.52. The molecule has 0 amide bonds. The maximum Gasteiger partial charge on any atom is 0.0494 e. The Balaban J connectivity index is 3.48. The molecule has 0 aliphatic rings. The SMILES string of the molecule is CCCCC(CCCC)COCCCCO. The Bertz CT molecular complexity index is 118. The second-order valence-corrected chi connectivity index (χ2v) is 4.66. The summed E-state index contributed by atoms with van der Waals surface area (Å²) in [5, 5.41) is 8.65. The van der Waals surface area contributed by atoms with Gasteiger partial charge < -0.3 is 9.84 Å². The first-order valence-electron chi connectivity index (χ1n) is 7.03. The van der Waals surface area contributed by atoms with E-state index >= 15 is 0 Å². The van der Waals surface area contributed by atoms with Gasteiger partial charge in [0.1, 0.15) is 0 Å². The molecule has 1 N–H and O–H groups in total. The zero-order chi connectivity index (χ0) is 12.1. The average molecular weight is 230 g/mol. The number of aliphatic hydroxyl groups is 1. The lowest BCUT2D eigenvalue weighted by Crippen LogP contribution is -2.11. The molecule has 2 heteroatoms. The number of rotatable bonds is 12. The predicted molar refractivity (Wildman–Crippen MR) is 69.7 cm³/mol. The summed E-state index contributed by atoms with van der Waals surface area (Å²) in [6, 6.07) is 0. The Morgan fingerprint density at radius 2 is 1.56 bits per heavy atom. The van der Waals surface area contributed by atoms with Gasteiger partial charge in [-0.1, -0.05) is 39.5 Å². The van der Waals surface area contributed by atoms with Crippen molar-refractivity contribution in [1.82, 2.24) is 0 Å². The van der Waals surface area contributed by atoms with E-state index in [2.05, 4.69) is 13.8 Å². The van der Waals surface area contributed by atoms with Crippen molar-refractivity contribution in [2.45, 2.75) is 65.2 Å². The van der Waals surface area contributed by atoms with Crippen molar-refractivity contribution in [3.8, 4) is 0 Å². The first-order chi connectivity index (χ1) is 7.85. The van der Waals surface area contributed by atoms with Crippen LogP contribution < -0.4 is 0 Å². The standard InChI is InChI=1S/C14H30O2/c1-3-5-9-14(10-6-4-2)13-16-12-8-7-11-15/h14-15H,3-13H2,1-2H3. The van der Waals surface area contributed by atoms with Crippen LogP contribution in [0.25, 0.3) is 0 Å². The molecule has 0 atom stereocenters. The van der Waals surface area contributed by atoms with Gasteiger partial charge in [-0.05, 0) is 31.6 Å². The summed E-state index contributed by atoms with van der Waals surface area (Å²) in [4.78, 5) is 0. The van der Waals surface area contributed by atoms with E-state index in [1.807, 2.05) is 0 Å². The van der Waals surface area contributed by atoms with Crippen LogP contribution in [0.5, 0.6) is 0 Å². The molecule has 0 aromatic rings. The average Bonchev–Trinajstić information content (AvgIpc) is 2.31. The van der Waals surface area contributed by atoms with Crippen LogP contribution in [0.15, 0.2) is 0 Å². The first kappa shape index (κ1) is 15.9. The molecule has 98 valence electrons. The third kappa shape index (κ3) is 10.4. The van der Waals surface area contributed by atoms with Crippen LogP contribution in [-0.2, 0) is 4.74 Å². The van der Waals surface area contributed by atoms with Crippen LogP contribution >= 0.6 is 0 Å². The van der Waals surface area contributed by atoms with Crippen molar-refractivity contribution in [3.63, 3.8) is 0 Å². The van der Waals surface area contributed by atoms with Gasteiger partial charge in [0.05, 0.1) is 0 Å². The molecule has 0 rings (SSSR count). The number of hydrogen-bond donors (Lipinski definition) is 1. The topological polar surface area (TPSA) is 29.5 Å². The zero-order valence-electron chi connectivity index (χ0n) is 11.2. The van der Waals surface area contributed by atoms with E-state index in [9.17, 15) is 0 Å². The van der Waals surface area contributed by atoms with Crippen LogP contribution in [0, 0.1) is 5.92 Å². The molecule has 0 saturated heterocycles. The Labute approximate surface area is 101 Å². The van der Waals surface area contributed by atoms with Gasteiger partial charge in [0, 0.05) is 19.8 Å². The predicted octanol–water partition coefficient (Wildman–Crippen LogP) is 3.77. The van der Waals surface area contributed by atoms with Gasteiger partial charge in [0.2, 0.25) is 0 Å². The zero-order valence-corrected chi connectivity index (χ0v) is 11.2. The van der Waals surface area contributed by atoms with E-state index in [1.165, 1.54) is 38.5 Å². The van der Waals surface area contributed by atoms with Gasteiger partial charge in [-0.2, -0.15) is 0 Å². The van der Waals surface area contributed by atoms with Crippen LogP contribution in [0.2, 0.25) is 0 Å². The molecule has 0 aromatic heterocycles. The van der Waals surface area contributed by atoms with Crippen LogP contribution in [0.4, 0.5) is 0 Å². The van der Waals surface area contributed by atoms with Crippen LogP contribution in [0.1, 0.15) is 65.2 Å². The minimum atomic E-state index is 0.290. The normalized spacial score (nSPS) is 11.2. The fourth-order valence-electron chi connectivity index (χ4n) is 1.86. The highest BCUT2D eigenvalue weighted by atomic mass is 16.5. The molecule has 0 aliphatic carbocycles. The molecule has 0 aromatic carbocycles. The molecule has 0 saturated carbocycles. The molecule has 2 nitrogen and oxygen atoms in total. The van der Waals surface area contributed by atoms with Gasteiger partial charge in [-0.15, -0.1) is 0 Å². The maximum atomic E-state index is 8.65. The Morgan fingerprint density at radius 3 is 2.06 bits per heavy atom. The van der Waals surface area contributed by atoms with Crippen molar-refractivity contribution in [3.05, 3.63) is 0 Å². The van der Waals surface area contributed by atoms with Crippen LogP contribution in [0.3, 0.4) is 0 Å². The number of aliphatic hydroxyl groups excluding tert-OH is 1. The van der Waals surface area contributed by atoms with E-state index < -0.39 is 0 Å². The highest BCUT2D eigenvalue weighted by Crippen LogP contribution is 2.16. The highest BCUT2D eigenvalue weighted by molar-refractivity contribution is 4.58. The highest BCUT2D eigenvalue weighted by Gasteiger charge is 2.07. The fourth-order valence-corrected chi connectivity index (χ4v) is 1.86. The lowest BCUT2D eigenvalue weighted by Gasteiger charge is -2.16. The molecule has 0 fully saturated rings. The lowest BCUT2D eigenvalue weighted by molar-refractivity contribution is 0.0857. The minimum Gasteiger partial charge on any atom is -0.396 e. The smallest absolute Gasteiger partial charge is 0.0494 e. The molecule has 16 heavy (non-hydrogen) atoms. The van der Waals surface area contributed by atoms with E-state index in [1.54, 1.807) is 0 Å². The maximum absolute atomic E-state index is 8.65. The first-order valence-corrected chi connectivity index (χ1v) is 7.03. The summed E-state index contributed by atoms with van der Waals surface area (Å²) < 4.78 is 5.68. The van der Waals surface area contributed by atoms with Crippen molar-refractivity contribution >= 4 is 0 Å². The van der Waals surface area contributed by atoms with Gasteiger partial charge in [-0.3, -0.25) is 0 Å². The minimum absolute atomic E-state index is 0.290. The molecular formula is C14H30O2. The van der Waals surface area contributed by atoms with Crippen LogP contribution in [-0.4, -0.2) is 24.9 Å². The quantitative estimate of drug-likeness (QED) is 0.517. The second-order valence-electron chi connectivity index (χ2n) is 4.66. The molecule has 0 unspecified atom stereocenters. The monoisotopic (exact) mass is 230 g/mol. The third-order valence-corrected chi connectivity index (χ3v) is 2.98. The largest absolute Gasteiger partial charge is 0.396 e. The molecule has 0 heterocycles. The molecule has 0 spiro atoms. The molecule has 0 aliphatic heterocycles. The number of hydrogen-bond acceptors (Lipinski definition) is 2. The van der Waals surface area contributed by atoms with Crippen molar-refractivity contribution < 1.29 is 9.84 Å². The Hall–Kier alpha value is -0.0800. The Morgan fingerprint density at radius 1 is 0.938 bits per heavy atom. The van der Waals surface area contributed by atoms with Gasteiger partial charge in [0.15, 0.2) is 0 Å².